The fraction of sp³-hybridized carbons (Fsp3) is 0.400. The molecular formula is C10H14N2O2. The Morgan fingerprint density at radius 1 is 1.71 bits per heavy atom. The van der Waals surface area contributed by atoms with E-state index < -0.39 is 6.04 Å². The summed E-state index contributed by atoms with van der Waals surface area (Å²) in [5.74, 6) is 0.344. The van der Waals surface area contributed by atoms with Crippen molar-refractivity contribution in [3.05, 3.63) is 23.9 Å². The van der Waals surface area contributed by atoms with Crippen LogP contribution < -0.4 is 10.5 Å². The Hall–Kier alpha value is -1.42. The number of nitrogens with two attached hydrogens (primary N) is 1. The van der Waals surface area contributed by atoms with Crippen molar-refractivity contribution in [3.63, 3.8) is 0 Å². The van der Waals surface area contributed by atoms with Crippen molar-refractivity contribution in [1.82, 2.24) is 4.98 Å². The van der Waals surface area contributed by atoms with Gasteiger partial charge in [0.05, 0.1) is 12.6 Å². The van der Waals surface area contributed by atoms with Crippen molar-refractivity contribution in [2.75, 3.05) is 6.61 Å². The summed E-state index contributed by atoms with van der Waals surface area (Å²) >= 11 is 0. The van der Waals surface area contributed by atoms with E-state index in [2.05, 4.69) is 4.98 Å². The minimum Gasteiger partial charge on any atom is -0.478 e. The van der Waals surface area contributed by atoms with Crippen LogP contribution in [-0.4, -0.2) is 17.4 Å². The van der Waals surface area contributed by atoms with E-state index in [1.807, 2.05) is 6.92 Å². The van der Waals surface area contributed by atoms with Gasteiger partial charge in [0.25, 0.3) is 0 Å². The van der Waals surface area contributed by atoms with Crippen LogP contribution in [0.4, 0.5) is 0 Å². The normalized spacial score (nSPS) is 12.2. The lowest BCUT2D eigenvalue weighted by molar-refractivity contribution is -0.118. The molecular weight excluding hydrogens is 180 g/mol. The van der Waals surface area contributed by atoms with E-state index in [4.69, 9.17) is 10.5 Å². The first kappa shape index (κ1) is 10.7. The minimum atomic E-state index is -0.648. The Bertz CT molecular complexity index is 326. The largest absolute Gasteiger partial charge is 0.478 e. The van der Waals surface area contributed by atoms with Gasteiger partial charge in [-0.05, 0) is 19.9 Å². The lowest BCUT2D eigenvalue weighted by Crippen LogP contribution is -2.19. The van der Waals surface area contributed by atoms with Gasteiger partial charge in [0.15, 0.2) is 5.78 Å². The highest BCUT2D eigenvalue weighted by molar-refractivity contribution is 5.83. The molecule has 1 heterocycles. The summed E-state index contributed by atoms with van der Waals surface area (Å²) in [7, 11) is 0. The maximum Gasteiger partial charge on any atom is 0.218 e. The van der Waals surface area contributed by atoms with Crippen LogP contribution in [0.1, 0.15) is 25.5 Å². The molecule has 0 spiro atoms. The molecule has 0 radical (unpaired) electrons. The van der Waals surface area contributed by atoms with Crippen LogP contribution in [0.25, 0.3) is 0 Å². The Morgan fingerprint density at radius 3 is 3.00 bits per heavy atom. The van der Waals surface area contributed by atoms with Gasteiger partial charge in [0.2, 0.25) is 5.88 Å². The van der Waals surface area contributed by atoms with Crippen LogP contribution in [-0.2, 0) is 4.79 Å². The van der Waals surface area contributed by atoms with E-state index in [1.54, 1.807) is 18.3 Å². The summed E-state index contributed by atoms with van der Waals surface area (Å²) in [6.07, 6.45) is 1.61. The summed E-state index contributed by atoms with van der Waals surface area (Å²) < 4.78 is 5.26. The summed E-state index contributed by atoms with van der Waals surface area (Å²) in [5, 5.41) is 0. The smallest absolute Gasteiger partial charge is 0.218 e. The van der Waals surface area contributed by atoms with Crippen LogP contribution in [0.5, 0.6) is 5.88 Å². The van der Waals surface area contributed by atoms with Gasteiger partial charge >= 0.3 is 0 Å². The van der Waals surface area contributed by atoms with E-state index in [0.717, 1.165) is 0 Å². The summed E-state index contributed by atoms with van der Waals surface area (Å²) in [6, 6.07) is 2.84. The zero-order chi connectivity index (χ0) is 10.6. The monoisotopic (exact) mass is 194 g/mol. The van der Waals surface area contributed by atoms with Gasteiger partial charge in [-0.25, -0.2) is 4.98 Å². The SMILES string of the molecule is CCOc1ncccc1C(N)C(C)=O. The molecule has 0 amide bonds. The number of Topliss-reactive ketones (excluding diaryl/α,β-unsaturated/α-hetero) is 1. The number of aromatic nitrogens is 1. The third-order valence-corrected chi connectivity index (χ3v) is 1.85. The van der Waals surface area contributed by atoms with Gasteiger partial charge in [-0.3, -0.25) is 4.79 Å². The molecule has 1 aromatic heterocycles. The lowest BCUT2D eigenvalue weighted by Gasteiger charge is -2.12. The Labute approximate surface area is 83.1 Å². The van der Waals surface area contributed by atoms with Crippen LogP contribution in [0, 0.1) is 0 Å². The van der Waals surface area contributed by atoms with Crippen LogP contribution in [0.15, 0.2) is 18.3 Å². The molecule has 0 aliphatic rings. The third-order valence-electron chi connectivity index (χ3n) is 1.85. The molecule has 2 N–H and O–H groups in total. The third kappa shape index (κ3) is 2.29. The lowest BCUT2D eigenvalue weighted by atomic mass is 10.1. The molecule has 0 aromatic carbocycles. The van der Waals surface area contributed by atoms with Crippen molar-refractivity contribution >= 4 is 5.78 Å². The topological polar surface area (TPSA) is 65.2 Å². The average molecular weight is 194 g/mol. The molecule has 0 saturated heterocycles. The molecule has 1 unspecified atom stereocenters. The second kappa shape index (κ2) is 4.72. The van der Waals surface area contributed by atoms with Crippen LogP contribution in [0.3, 0.4) is 0 Å². The van der Waals surface area contributed by atoms with E-state index >= 15 is 0 Å². The number of rotatable bonds is 4. The number of ether oxygens (including phenoxy) is 1. The molecule has 1 atom stereocenters. The zero-order valence-corrected chi connectivity index (χ0v) is 8.36. The molecule has 1 rings (SSSR count). The number of nitrogens with zero attached hydrogens (tertiary/aromatic N) is 1. The summed E-state index contributed by atoms with van der Waals surface area (Å²) in [5.41, 5.74) is 6.34. The standard InChI is InChI=1S/C10H14N2O2/c1-3-14-10-8(5-4-6-12-10)9(11)7(2)13/h4-6,9H,3,11H2,1-2H3. The second-order valence-electron chi connectivity index (χ2n) is 2.92. The van der Waals surface area contributed by atoms with Gasteiger partial charge < -0.3 is 10.5 Å². The molecule has 0 fully saturated rings. The van der Waals surface area contributed by atoms with Crippen molar-refractivity contribution < 1.29 is 9.53 Å². The van der Waals surface area contributed by atoms with Gasteiger partial charge in [-0.2, -0.15) is 0 Å². The first-order valence-electron chi connectivity index (χ1n) is 4.50. The average Bonchev–Trinajstić information content (AvgIpc) is 2.18. The Kier molecular flexibility index (Phi) is 3.59. The number of hydrogen-bond acceptors (Lipinski definition) is 4. The van der Waals surface area contributed by atoms with E-state index in [9.17, 15) is 4.79 Å². The van der Waals surface area contributed by atoms with E-state index in [0.29, 0.717) is 18.1 Å². The van der Waals surface area contributed by atoms with Gasteiger partial charge in [0, 0.05) is 11.8 Å². The van der Waals surface area contributed by atoms with Crippen LogP contribution in [0.2, 0.25) is 0 Å². The highest BCUT2D eigenvalue weighted by atomic mass is 16.5. The number of hydrogen-bond donors (Lipinski definition) is 1. The highest BCUT2D eigenvalue weighted by Gasteiger charge is 2.16. The van der Waals surface area contributed by atoms with Crippen molar-refractivity contribution in [3.8, 4) is 5.88 Å². The molecule has 0 bridgehead atoms. The van der Waals surface area contributed by atoms with E-state index in [-0.39, 0.29) is 5.78 Å². The van der Waals surface area contributed by atoms with Crippen LogP contribution >= 0.6 is 0 Å². The maximum atomic E-state index is 11.1. The van der Waals surface area contributed by atoms with E-state index in [1.165, 1.54) is 6.92 Å². The zero-order valence-electron chi connectivity index (χ0n) is 8.36. The van der Waals surface area contributed by atoms with Crippen molar-refractivity contribution in [1.29, 1.82) is 0 Å². The molecule has 4 heteroatoms. The first-order valence-corrected chi connectivity index (χ1v) is 4.50. The molecule has 1 aromatic rings. The summed E-state index contributed by atoms with van der Waals surface area (Å²) in [6.45, 7) is 3.82. The fourth-order valence-electron chi connectivity index (χ4n) is 1.12. The number of carbonyl (C=O) groups is 1. The molecule has 0 aliphatic carbocycles. The number of carbonyl (C=O) groups excluding carboxylic acids is 1. The van der Waals surface area contributed by atoms with Gasteiger partial charge in [-0.1, -0.05) is 6.07 Å². The van der Waals surface area contributed by atoms with Gasteiger partial charge in [-0.15, -0.1) is 0 Å². The van der Waals surface area contributed by atoms with Crippen molar-refractivity contribution in [2.45, 2.75) is 19.9 Å². The predicted octanol–water partition coefficient (Wildman–Crippen LogP) is 1.07. The highest BCUT2D eigenvalue weighted by Crippen LogP contribution is 2.21. The molecule has 14 heavy (non-hydrogen) atoms. The molecule has 0 aliphatic heterocycles. The maximum absolute atomic E-state index is 11.1. The Morgan fingerprint density at radius 2 is 2.43 bits per heavy atom. The number of pyridine rings is 1. The predicted molar refractivity (Wildman–Crippen MR) is 53.0 cm³/mol. The first-order chi connectivity index (χ1) is 6.66. The van der Waals surface area contributed by atoms with Gasteiger partial charge in [0.1, 0.15) is 0 Å². The molecule has 76 valence electrons. The quantitative estimate of drug-likeness (QED) is 0.778. The minimum absolute atomic E-state index is 0.0982. The second-order valence-corrected chi connectivity index (χ2v) is 2.92. The fourth-order valence-corrected chi connectivity index (χ4v) is 1.12. The Balaban J connectivity index is 3.00. The summed E-state index contributed by atoms with van der Waals surface area (Å²) in [4.78, 5) is 15.1. The van der Waals surface area contributed by atoms with Crippen molar-refractivity contribution in [2.24, 2.45) is 5.73 Å². The number of ketones is 1. The molecule has 0 saturated carbocycles. The molecule has 4 nitrogen and oxygen atoms in total.